The van der Waals surface area contributed by atoms with Crippen molar-refractivity contribution in [1.82, 2.24) is 0 Å². The quantitative estimate of drug-likeness (QED) is 0.676. The van der Waals surface area contributed by atoms with Gasteiger partial charge in [0.1, 0.15) is 5.84 Å². The fourth-order valence-electron chi connectivity index (χ4n) is 1.24. The summed E-state index contributed by atoms with van der Waals surface area (Å²) in [5.74, 6) is -0.615. The van der Waals surface area contributed by atoms with Gasteiger partial charge in [0.25, 0.3) is 0 Å². The highest BCUT2D eigenvalue weighted by Gasteiger charge is 2.37. The number of nitrogens with two attached hydrogens (primary N) is 2. The molecular weight excluding hydrogens is 176 g/mol. The van der Waals surface area contributed by atoms with Gasteiger partial charge >= 0.3 is 0 Å². The Bertz CT molecular complexity index is 250. The van der Waals surface area contributed by atoms with Crippen molar-refractivity contribution in [3.05, 3.63) is 12.3 Å². The first-order valence-corrected chi connectivity index (χ1v) is 4.02. The highest BCUT2D eigenvalue weighted by atomic mass is 19.3. The zero-order valence-corrected chi connectivity index (χ0v) is 7.37. The maximum atomic E-state index is 12.4. The van der Waals surface area contributed by atoms with Gasteiger partial charge in [0.05, 0.1) is 5.54 Å². The molecule has 0 spiro atoms. The van der Waals surface area contributed by atoms with E-state index in [0.29, 0.717) is 5.84 Å². The monoisotopic (exact) mass is 189 g/mol. The molecule has 1 heterocycles. The van der Waals surface area contributed by atoms with Crippen LogP contribution in [-0.4, -0.2) is 17.8 Å². The lowest BCUT2D eigenvalue weighted by Gasteiger charge is -2.33. The number of rotatable bonds is 2. The van der Waals surface area contributed by atoms with Crippen LogP contribution >= 0.6 is 0 Å². The summed E-state index contributed by atoms with van der Waals surface area (Å²) in [5.41, 5.74) is 10.1. The third kappa shape index (κ3) is 2.03. The Morgan fingerprint density at radius 2 is 2.23 bits per heavy atom. The predicted molar refractivity (Wildman–Crippen MR) is 47.5 cm³/mol. The van der Waals surface area contributed by atoms with E-state index < -0.39 is 17.9 Å². The number of amidine groups is 1. The highest BCUT2D eigenvalue weighted by molar-refractivity contribution is 5.83. The Morgan fingerprint density at radius 3 is 2.69 bits per heavy atom. The molecule has 2 unspecified atom stereocenters. The lowest BCUT2D eigenvalue weighted by Crippen LogP contribution is -2.50. The van der Waals surface area contributed by atoms with Gasteiger partial charge in [-0.05, 0) is 6.08 Å². The number of hydrogen-bond acceptors (Lipinski definition) is 3. The molecule has 4 N–H and O–H groups in total. The minimum atomic E-state index is -2.44. The molecule has 0 aromatic carbocycles. The van der Waals surface area contributed by atoms with E-state index in [0.717, 1.165) is 0 Å². The molecule has 2 atom stereocenters. The smallest absolute Gasteiger partial charge is 0.243 e. The minimum absolute atomic E-state index is 0.189. The van der Waals surface area contributed by atoms with Crippen molar-refractivity contribution >= 4 is 5.84 Å². The molecule has 1 aliphatic rings. The summed E-state index contributed by atoms with van der Waals surface area (Å²) in [6, 6.07) is 0. The molecule has 0 radical (unpaired) electrons. The molecule has 3 nitrogen and oxygen atoms in total. The first-order chi connectivity index (χ1) is 5.96. The van der Waals surface area contributed by atoms with Crippen LogP contribution in [0.15, 0.2) is 17.3 Å². The maximum absolute atomic E-state index is 12.4. The molecular formula is C8H13F2N3. The molecule has 74 valence electrons. The van der Waals surface area contributed by atoms with Crippen LogP contribution < -0.4 is 11.5 Å². The summed E-state index contributed by atoms with van der Waals surface area (Å²) in [7, 11) is 0. The van der Waals surface area contributed by atoms with Crippen molar-refractivity contribution in [3.63, 3.8) is 0 Å². The van der Waals surface area contributed by atoms with Crippen molar-refractivity contribution in [2.45, 2.75) is 25.3 Å². The van der Waals surface area contributed by atoms with Gasteiger partial charge in [-0.25, -0.2) is 13.8 Å². The van der Waals surface area contributed by atoms with Crippen molar-refractivity contribution in [2.75, 3.05) is 0 Å². The van der Waals surface area contributed by atoms with Gasteiger partial charge in [-0.2, -0.15) is 0 Å². The number of alkyl halides is 2. The molecule has 5 heteroatoms. The fourth-order valence-corrected chi connectivity index (χ4v) is 1.24. The van der Waals surface area contributed by atoms with Crippen LogP contribution in [0.3, 0.4) is 0 Å². The third-order valence-electron chi connectivity index (χ3n) is 2.34. The summed E-state index contributed by atoms with van der Waals surface area (Å²) in [4.78, 5) is 3.76. The van der Waals surface area contributed by atoms with Gasteiger partial charge in [-0.15, -0.1) is 0 Å². The van der Waals surface area contributed by atoms with E-state index in [-0.39, 0.29) is 6.42 Å². The van der Waals surface area contributed by atoms with E-state index in [4.69, 9.17) is 11.5 Å². The second-order valence-corrected chi connectivity index (χ2v) is 3.35. The van der Waals surface area contributed by atoms with Gasteiger partial charge in [0, 0.05) is 18.5 Å². The van der Waals surface area contributed by atoms with E-state index >= 15 is 0 Å². The standard InChI is InChI=1S/C8H13F2N3/c1-5(7(9)10)8(12)2-3-13-6(11)4-8/h2-3,5,7H,4,12H2,1H3,(H2,11,13). The summed E-state index contributed by atoms with van der Waals surface area (Å²) in [5, 5.41) is 0. The Labute approximate surface area is 75.5 Å². The van der Waals surface area contributed by atoms with Crippen molar-refractivity contribution in [1.29, 1.82) is 0 Å². The number of hydrogen-bond donors (Lipinski definition) is 2. The van der Waals surface area contributed by atoms with Gasteiger partial charge in [0.2, 0.25) is 6.43 Å². The molecule has 0 fully saturated rings. The lowest BCUT2D eigenvalue weighted by atomic mass is 9.82. The van der Waals surface area contributed by atoms with E-state index in [1.807, 2.05) is 0 Å². The number of halogens is 2. The lowest BCUT2D eigenvalue weighted by molar-refractivity contribution is 0.0561. The molecule has 13 heavy (non-hydrogen) atoms. The Balaban J connectivity index is 2.79. The summed E-state index contributed by atoms with van der Waals surface area (Å²) < 4.78 is 24.8. The summed E-state index contributed by atoms with van der Waals surface area (Å²) >= 11 is 0. The molecule has 0 aliphatic carbocycles. The molecule has 0 bridgehead atoms. The molecule has 0 saturated carbocycles. The van der Waals surface area contributed by atoms with Gasteiger partial charge in [-0.1, -0.05) is 6.92 Å². The minimum Gasteiger partial charge on any atom is -0.387 e. The first kappa shape index (κ1) is 10.1. The van der Waals surface area contributed by atoms with Crippen LogP contribution in [0.5, 0.6) is 0 Å². The molecule has 0 amide bonds. The van der Waals surface area contributed by atoms with E-state index in [9.17, 15) is 8.78 Å². The number of nitrogens with zero attached hydrogens (tertiary/aromatic N) is 1. The van der Waals surface area contributed by atoms with Crippen LogP contribution in [0.2, 0.25) is 0 Å². The summed E-state index contributed by atoms with van der Waals surface area (Å²) in [6.07, 6.45) is 0.618. The first-order valence-electron chi connectivity index (χ1n) is 4.02. The molecule has 0 saturated heterocycles. The Kier molecular flexibility index (Phi) is 2.66. The molecule has 1 aliphatic heterocycles. The van der Waals surface area contributed by atoms with Crippen LogP contribution in [0, 0.1) is 5.92 Å². The van der Waals surface area contributed by atoms with E-state index in [1.54, 1.807) is 0 Å². The zero-order chi connectivity index (χ0) is 10.1. The second kappa shape index (κ2) is 3.41. The van der Waals surface area contributed by atoms with Crippen LogP contribution in [0.1, 0.15) is 13.3 Å². The molecule has 1 rings (SSSR count). The number of aliphatic imine (C=N–C) groups is 1. The molecule has 0 aromatic rings. The topological polar surface area (TPSA) is 64.4 Å². The maximum Gasteiger partial charge on any atom is 0.243 e. The largest absolute Gasteiger partial charge is 0.387 e. The van der Waals surface area contributed by atoms with Crippen LogP contribution in [-0.2, 0) is 0 Å². The van der Waals surface area contributed by atoms with Crippen molar-refractivity contribution in [2.24, 2.45) is 22.4 Å². The fraction of sp³-hybridized carbons (Fsp3) is 0.625. The van der Waals surface area contributed by atoms with Crippen LogP contribution in [0.25, 0.3) is 0 Å². The third-order valence-corrected chi connectivity index (χ3v) is 2.34. The zero-order valence-electron chi connectivity index (χ0n) is 7.37. The van der Waals surface area contributed by atoms with Gasteiger partial charge < -0.3 is 11.5 Å². The Morgan fingerprint density at radius 1 is 1.62 bits per heavy atom. The van der Waals surface area contributed by atoms with E-state index in [1.165, 1.54) is 19.2 Å². The normalized spacial score (nSPS) is 30.4. The average molecular weight is 189 g/mol. The van der Waals surface area contributed by atoms with Crippen molar-refractivity contribution < 1.29 is 8.78 Å². The van der Waals surface area contributed by atoms with Gasteiger partial charge in [0.15, 0.2) is 0 Å². The second-order valence-electron chi connectivity index (χ2n) is 3.35. The van der Waals surface area contributed by atoms with E-state index in [2.05, 4.69) is 4.99 Å². The Hall–Kier alpha value is -0.970. The summed E-state index contributed by atoms with van der Waals surface area (Å²) in [6.45, 7) is 1.41. The van der Waals surface area contributed by atoms with Gasteiger partial charge in [-0.3, -0.25) is 0 Å². The van der Waals surface area contributed by atoms with Crippen LogP contribution in [0.4, 0.5) is 8.78 Å². The SMILES string of the molecule is CC(C(F)F)C1(N)C=CN=C(N)C1. The predicted octanol–water partition coefficient (Wildman–Crippen LogP) is 0.860. The average Bonchev–Trinajstić information content (AvgIpc) is 2.02. The highest BCUT2D eigenvalue weighted by Crippen LogP contribution is 2.27. The van der Waals surface area contributed by atoms with Crippen molar-refractivity contribution in [3.8, 4) is 0 Å². The molecule has 0 aromatic heterocycles.